The fourth-order valence-corrected chi connectivity index (χ4v) is 3.16. The lowest BCUT2D eigenvalue weighted by Gasteiger charge is -2.14. The molecule has 0 bridgehead atoms. The van der Waals surface area contributed by atoms with Gasteiger partial charge in [0, 0.05) is 24.5 Å². The van der Waals surface area contributed by atoms with E-state index in [9.17, 15) is 0 Å². The molecule has 3 heteroatoms. The van der Waals surface area contributed by atoms with Crippen LogP contribution >= 0.6 is 11.6 Å². The molecule has 0 amide bonds. The minimum atomic E-state index is 0.495. The predicted octanol–water partition coefficient (Wildman–Crippen LogP) is 6.27. The second-order valence-electron chi connectivity index (χ2n) is 6.53. The summed E-state index contributed by atoms with van der Waals surface area (Å²) in [5.74, 6) is 0.495. The van der Waals surface area contributed by atoms with Gasteiger partial charge >= 0.3 is 0 Å². The van der Waals surface area contributed by atoms with Crippen molar-refractivity contribution in [1.82, 2.24) is 9.55 Å². The Kier molecular flexibility index (Phi) is 4.77. The first-order valence-electron chi connectivity index (χ1n) is 8.38. The van der Waals surface area contributed by atoms with E-state index < -0.39 is 0 Å². The molecule has 3 aromatic rings. The van der Waals surface area contributed by atoms with Gasteiger partial charge in [-0.3, -0.25) is 4.98 Å². The van der Waals surface area contributed by atoms with Crippen LogP contribution in [0.15, 0.2) is 54.9 Å². The third kappa shape index (κ3) is 3.25. The van der Waals surface area contributed by atoms with Gasteiger partial charge in [-0.25, -0.2) is 0 Å². The van der Waals surface area contributed by atoms with Crippen LogP contribution < -0.4 is 0 Å². The van der Waals surface area contributed by atoms with E-state index in [4.69, 9.17) is 11.6 Å². The third-order valence-electron chi connectivity index (χ3n) is 4.71. The quantitative estimate of drug-likeness (QED) is 0.501. The SMILES string of the molecule is C=C(Cn1cc(Cl)c2ncc(-c3cccc(C)c3)cc21)C(C)CC. The molecule has 0 spiro atoms. The summed E-state index contributed by atoms with van der Waals surface area (Å²) in [7, 11) is 0. The van der Waals surface area contributed by atoms with Gasteiger partial charge < -0.3 is 4.57 Å². The maximum Gasteiger partial charge on any atom is 0.107 e. The van der Waals surface area contributed by atoms with Gasteiger partial charge in [-0.05, 0) is 30.9 Å². The van der Waals surface area contributed by atoms with Crippen LogP contribution in [0, 0.1) is 12.8 Å². The van der Waals surface area contributed by atoms with Crippen molar-refractivity contribution in [3.05, 3.63) is 65.5 Å². The normalized spacial score (nSPS) is 12.5. The lowest BCUT2D eigenvalue weighted by Crippen LogP contribution is -2.05. The van der Waals surface area contributed by atoms with Gasteiger partial charge in [0.25, 0.3) is 0 Å². The Bertz CT molecular complexity index is 892. The van der Waals surface area contributed by atoms with Crippen molar-refractivity contribution in [1.29, 1.82) is 0 Å². The molecular weight excluding hydrogens is 316 g/mol. The van der Waals surface area contributed by atoms with Gasteiger partial charge in [-0.1, -0.05) is 67.4 Å². The number of rotatable bonds is 5. The largest absolute Gasteiger partial charge is 0.341 e. The number of hydrogen-bond acceptors (Lipinski definition) is 1. The summed E-state index contributed by atoms with van der Waals surface area (Å²) in [5, 5.41) is 0.692. The number of fused-ring (bicyclic) bond motifs is 1. The molecular formula is C21H23ClN2. The van der Waals surface area contributed by atoms with Crippen molar-refractivity contribution >= 4 is 22.6 Å². The molecule has 3 rings (SSSR count). The molecule has 2 nitrogen and oxygen atoms in total. The number of benzene rings is 1. The zero-order valence-electron chi connectivity index (χ0n) is 14.5. The molecule has 1 aromatic carbocycles. The van der Waals surface area contributed by atoms with Gasteiger partial charge in [-0.2, -0.15) is 0 Å². The first-order valence-corrected chi connectivity index (χ1v) is 8.76. The number of nitrogens with zero attached hydrogens (tertiary/aromatic N) is 2. The van der Waals surface area contributed by atoms with E-state index in [1.165, 1.54) is 16.7 Å². The molecule has 0 N–H and O–H groups in total. The number of allylic oxidation sites excluding steroid dienone is 1. The van der Waals surface area contributed by atoms with Crippen LogP contribution in [0.25, 0.3) is 22.2 Å². The highest BCUT2D eigenvalue weighted by atomic mass is 35.5. The van der Waals surface area contributed by atoms with E-state index in [-0.39, 0.29) is 0 Å². The lowest BCUT2D eigenvalue weighted by molar-refractivity contribution is 0.605. The van der Waals surface area contributed by atoms with Crippen LogP contribution in [0.4, 0.5) is 0 Å². The molecule has 1 atom stereocenters. The van der Waals surface area contributed by atoms with Gasteiger partial charge in [-0.15, -0.1) is 0 Å². The number of hydrogen-bond donors (Lipinski definition) is 0. The van der Waals surface area contributed by atoms with Gasteiger partial charge in [0.1, 0.15) is 5.52 Å². The summed E-state index contributed by atoms with van der Waals surface area (Å²) in [6, 6.07) is 10.6. The first kappa shape index (κ1) is 16.8. The third-order valence-corrected chi connectivity index (χ3v) is 4.98. The molecule has 124 valence electrons. The zero-order valence-corrected chi connectivity index (χ0v) is 15.3. The summed E-state index contributed by atoms with van der Waals surface area (Å²) in [4.78, 5) is 4.60. The van der Waals surface area contributed by atoms with Crippen molar-refractivity contribution in [3.63, 3.8) is 0 Å². The second kappa shape index (κ2) is 6.82. The molecule has 2 aromatic heterocycles. The Morgan fingerprint density at radius 3 is 2.79 bits per heavy atom. The van der Waals surface area contributed by atoms with Crippen molar-refractivity contribution in [3.8, 4) is 11.1 Å². The molecule has 0 saturated carbocycles. The fraction of sp³-hybridized carbons (Fsp3) is 0.286. The molecule has 0 radical (unpaired) electrons. The maximum atomic E-state index is 6.39. The van der Waals surface area contributed by atoms with Crippen LogP contribution in [0.3, 0.4) is 0 Å². The molecule has 0 fully saturated rings. The van der Waals surface area contributed by atoms with E-state index in [0.717, 1.165) is 29.6 Å². The van der Waals surface area contributed by atoms with Crippen LogP contribution in [0.2, 0.25) is 5.02 Å². The molecule has 24 heavy (non-hydrogen) atoms. The van der Waals surface area contributed by atoms with E-state index in [2.05, 4.69) is 67.2 Å². The highest BCUT2D eigenvalue weighted by Crippen LogP contribution is 2.30. The topological polar surface area (TPSA) is 17.8 Å². The number of pyridine rings is 1. The highest BCUT2D eigenvalue weighted by molar-refractivity contribution is 6.35. The van der Waals surface area contributed by atoms with E-state index in [1.54, 1.807) is 0 Å². The summed E-state index contributed by atoms with van der Waals surface area (Å²) >= 11 is 6.39. The van der Waals surface area contributed by atoms with Gasteiger partial charge in [0.05, 0.1) is 10.5 Å². The summed E-state index contributed by atoms with van der Waals surface area (Å²) in [6.45, 7) is 11.5. The van der Waals surface area contributed by atoms with E-state index >= 15 is 0 Å². The van der Waals surface area contributed by atoms with Crippen molar-refractivity contribution < 1.29 is 0 Å². The molecule has 0 aliphatic rings. The fourth-order valence-electron chi connectivity index (χ4n) is 2.90. The highest BCUT2D eigenvalue weighted by Gasteiger charge is 2.12. The Balaban J connectivity index is 2.05. The van der Waals surface area contributed by atoms with Crippen molar-refractivity contribution in [2.75, 3.05) is 0 Å². The molecule has 0 aliphatic heterocycles. The molecule has 2 heterocycles. The molecule has 0 aliphatic carbocycles. The summed E-state index contributed by atoms with van der Waals surface area (Å²) < 4.78 is 2.17. The molecule has 0 saturated heterocycles. The van der Waals surface area contributed by atoms with Crippen molar-refractivity contribution in [2.24, 2.45) is 5.92 Å². The second-order valence-corrected chi connectivity index (χ2v) is 6.94. The van der Waals surface area contributed by atoms with Gasteiger partial charge in [0.2, 0.25) is 0 Å². The van der Waals surface area contributed by atoms with Crippen LogP contribution in [-0.2, 0) is 6.54 Å². The van der Waals surface area contributed by atoms with Crippen LogP contribution in [0.5, 0.6) is 0 Å². The van der Waals surface area contributed by atoms with E-state index in [0.29, 0.717) is 10.9 Å². The van der Waals surface area contributed by atoms with Crippen LogP contribution in [-0.4, -0.2) is 9.55 Å². The lowest BCUT2D eigenvalue weighted by atomic mass is 10.00. The number of halogens is 1. The van der Waals surface area contributed by atoms with Crippen LogP contribution in [0.1, 0.15) is 25.8 Å². The first-order chi connectivity index (χ1) is 11.5. The Morgan fingerprint density at radius 1 is 1.29 bits per heavy atom. The molecule has 1 unspecified atom stereocenters. The average molecular weight is 339 g/mol. The number of aromatic nitrogens is 2. The maximum absolute atomic E-state index is 6.39. The summed E-state index contributed by atoms with van der Waals surface area (Å²) in [5.41, 5.74) is 6.65. The average Bonchev–Trinajstić information content (AvgIpc) is 2.89. The Hall–Kier alpha value is -2.06. The zero-order chi connectivity index (χ0) is 17.3. The summed E-state index contributed by atoms with van der Waals surface area (Å²) in [6.07, 6.45) is 4.96. The minimum Gasteiger partial charge on any atom is -0.341 e. The Morgan fingerprint density at radius 2 is 2.08 bits per heavy atom. The smallest absolute Gasteiger partial charge is 0.107 e. The van der Waals surface area contributed by atoms with Crippen molar-refractivity contribution in [2.45, 2.75) is 33.7 Å². The standard InChI is InChI=1S/C21H23ClN2/c1-5-15(3)16(4)12-24-13-19(22)21-20(24)10-18(11-23-21)17-8-6-7-14(2)9-17/h6-11,13,15H,4-5,12H2,1-3H3. The van der Waals surface area contributed by atoms with E-state index in [1.807, 2.05) is 12.4 Å². The monoisotopic (exact) mass is 338 g/mol. The minimum absolute atomic E-state index is 0.495. The Labute approximate surface area is 148 Å². The predicted molar refractivity (Wildman–Crippen MR) is 104 cm³/mol. The number of aryl methyl sites for hydroxylation is 1. The van der Waals surface area contributed by atoms with Gasteiger partial charge in [0.15, 0.2) is 0 Å².